The first-order valence-corrected chi connectivity index (χ1v) is 9.48. The normalized spacial score (nSPS) is 16.7. The lowest BCUT2D eigenvalue weighted by atomic mass is 9.98. The van der Waals surface area contributed by atoms with Gasteiger partial charge in [-0.2, -0.15) is 0 Å². The van der Waals surface area contributed by atoms with Crippen molar-refractivity contribution in [2.75, 3.05) is 19.0 Å². The van der Waals surface area contributed by atoms with E-state index in [1.807, 2.05) is 17.0 Å². The molecule has 2 aromatic rings. The van der Waals surface area contributed by atoms with Crippen molar-refractivity contribution < 1.29 is 14.3 Å². The molecule has 2 aromatic carbocycles. The number of nitrogens with zero attached hydrogens (tertiary/aromatic N) is 1. The third kappa shape index (κ3) is 4.48. The highest BCUT2D eigenvalue weighted by Crippen LogP contribution is 2.22. The van der Waals surface area contributed by atoms with Gasteiger partial charge in [-0.15, -0.1) is 0 Å². The second-order valence-corrected chi connectivity index (χ2v) is 6.82. The van der Waals surface area contributed by atoms with Crippen molar-refractivity contribution in [3.63, 3.8) is 0 Å². The van der Waals surface area contributed by atoms with E-state index in [4.69, 9.17) is 4.74 Å². The molecule has 0 radical (unpaired) electrons. The van der Waals surface area contributed by atoms with E-state index in [2.05, 4.69) is 12.2 Å². The fourth-order valence-electron chi connectivity index (χ4n) is 3.53. The third-order valence-corrected chi connectivity index (χ3v) is 5.08. The average Bonchev–Trinajstić information content (AvgIpc) is 2.73. The van der Waals surface area contributed by atoms with Crippen molar-refractivity contribution in [3.8, 4) is 5.75 Å². The van der Waals surface area contributed by atoms with E-state index in [-0.39, 0.29) is 11.8 Å². The fourth-order valence-corrected chi connectivity index (χ4v) is 3.53. The van der Waals surface area contributed by atoms with Gasteiger partial charge in [-0.25, -0.2) is 0 Å². The number of hydrogen-bond acceptors (Lipinski definition) is 3. The lowest BCUT2D eigenvalue weighted by molar-refractivity contribution is 0.0607. The number of amides is 2. The molecule has 27 heavy (non-hydrogen) atoms. The molecule has 5 heteroatoms. The number of rotatable bonds is 5. The van der Waals surface area contributed by atoms with Gasteiger partial charge in [0.15, 0.2) is 0 Å². The van der Waals surface area contributed by atoms with E-state index >= 15 is 0 Å². The third-order valence-electron chi connectivity index (χ3n) is 5.08. The molecule has 1 aliphatic rings. The van der Waals surface area contributed by atoms with Crippen LogP contribution in [0, 0.1) is 0 Å². The lowest BCUT2D eigenvalue weighted by Crippen LogP contribution is -2.43. The number of nitrogens with one attached hydrogen (secondary N) is 1. The minimum absolute atomic E-state index is 0.0568. The number of anilines is 1. The second-order valence-electron chi connectivity index (χ2n) is 6.82. The van der Waals surface area contributed by atoms with E-state index < -0.39 is 0 Å². The van der Waals surface area contributed by atoms with Gasteiger partial charge >= 0.3 is 0 Å². The van der Waals surface area contributed by atoms with Gasteiger partial charge in [-0.3, -0.25) is 9.59 Å². The fraction of sp³-hybridized carbons (Fsp3) is 0.364. The maximum absolute atomic E-state index is 12.8. The van der Waals surface area contributed by atoms with E-state index in [0.717, 1.165) is 25.8 Å². The molecular weight excluding hydrogens is 340 g/mol. The summed E-state index contributed by atoms with van der Waals surface area (Å²) in [7, 11) is 1.59. The Kier molecular flexibility index (Phi) is 6.12. The predicted molar refractivity (Wildman–Crippen MR) is 106 cm³/mol. The molecule has 1 aliphatic heterocycles. The number of hydrogen-bond donors (Lipinski definition) is 1. The van der Waals surface area contributed by atoms with Gasteiger partial charge in [0.2, 0.25) is 0 Å². The Bertz CT molecular complexity index is 801. The van der Waals surface area contributed by atoms with Crippen LogP contribution in [0.15, 0.2) is 48.5 Å². The number of carbonyl (C=O) groups is 2. The second kappa shape index (κ2) is 8.71. The van der Waals surface area contributed by atoms with Crippen LogP contribution in [0.2, 0.25) is 0 Å². The van der Waals surface area contributed by atoms with Crippen molar-refractivity contribution in [1.29, 1.82) is 0 Å². The molecule has 1 atom stereocenters. The minimum Gasteiger partial charge on any atom is -0.497 e. The molecule has 0 aliphatic carbocycles. The monoisotopic (exact) mass is 366 g/mol. The van der Waals surface area contributed by atoms with E-state index in [9.17, 15) is 9.59 Å². The van der Waals surface area contributed by atoms with Crippen LogP contribution in [-0.2, 0) is 0 Å². The number of piperidine rings is 1. The van der Waals surface area contributed by atoms with Gasteiger partial charge in [0.1, 0.15) is 5.75 Å². The van der Waals surface area contributed by atoms with Crippen LogP contribution < -0.4 is 10.1 Å². The van der Waals surface area contributed by atoms with Crippen LogP contribution in [0.1, 0.15) is 53.3 Å². The largest absolute Gasteiger partial charge is 0.497 e. The summed E-state index contributed by atoms with van der Waals surface area (Å²) >= 11 is 0. The van der Waals surface area contributed by atoms with E-state index in [1.165, 1.54) is 6.42 Å². The Morgan fingerprint density at radius 3 is 2.56 bits per heavy atom. The number of benzene rings is 2. The van der Waals surface area contributed by atoms with Crippen LogP contribution in [-0.4, -0.2) is 36.4 Å². The van der Waals surface area contributed by atoms with Crippen LogP contribution in [0.4, 0.5) is 5.69 Å². The Morgan fingerprint density at radius 1 is 1.11 bits per heavy atom. The summed E-state index contributed by atoms with van der Waals surface area (Å²) in [4.78, 5) is 27.3. The first-order chi connectivity index (χ1) is 13.1. The molecular formula is C22H26N2O3. The molecule has 0 spiro atoms. The Morgan fingerprint density at radius 2 is 1.85 bits per heavy atom. The van der Waals surface area contributed by atoms with Crippen LogP contribution in [0.25, 0.3) is 0 Å². The van der Waals surface area contributed by atoms with Crippen LogP contribution in [0.5, 0.6) is 5.75 Å². The van der Waals surface area contributed by atoms with Crippen molar-refractivity contribution in [3.05, 3.63) is 59.7 Å². The molecule has 5 nitrogen and oxygen atoms in total. The van der Waals surface area contributed by atoms with Gasteiger partial charge in [0, 0.05) is 35.5 Å². The molecule has 0 aromatic heterocycles. The summed E-state index contributed by atoms with van der Waals surface area (Å²) in [6.07, 6.45) is 4.30. The molecule has 0 saturated carbocycles. The zero-order chi connectivity index (χ0) is 19.2. The summed E-state index contributed by atoms with van der Waals surface area (Å²) in [6, 6.07) is 14.4. The highest BCUT2D eigenvalue weighted by Gasteiger charge is 2.26. The van der Waals surface area contributed by atoms with Crippen molar-refractivity contribution in [2.24, 2.45) is 0 Å². The van der Waals surface area contributed by atoms with Crippen molar-refractivity contribution >= 4 is 17.5 Å². The summed E-state index contributed by atoms with van der Waals surface area (Å²) in [6.45, 7) is 2.94. The minimum atomic E-state index is -0.216. The van der Waals surface area contributed by atoms with E-state index in [1.54, 1.807) is 43.5 Å². The molecule has 0 bridgehead atoms. The molecule has 2 amide bonds. The molecule has 1 heterocycles. The highest BCUT2D eigenvalue weighted by atomic mass is 16.5. The van der Waals surface area contributed by atoms with Crippen LogP contribution >= 0.6 is 0 Å². The molecule has 3 rings (SSSR count). The first-order valence-electron chi connectivity index (χ1n) is 9.48. The number of likely N-dealkylation sites (tertiary alicyclic amines) is 1. The zero-order valence-corrected chi connectivity index (χ0v) is 15.9. The molecule has 1 N–H and O–H groups in total. The summed E-state index contributed by atoms with van der Waals surface area (Å²) in [5, 5.41) is 2.85. The van der Waals surface area contributed by atoms with Gasteiger partial charge in [0.05, 0.1) is 7.11 Å². The van der Waals surface area contributed by atoms with Crippen molar-refractivity contribution in [1.82, 2.24) is 4.90 Å². The molecule has 1 fully saturated rings. The SMILES string of the molecule is CCC1CCCCN1C(=O)c1ccc(C(=O)Nc2cccc(OC)c2)cc1. The maximum atomic E-state index is 12.8. The van der Waals surface area contributed by atoms with Gasteiger partial charge in [-0.05, 0) is 62.1 Å². The van der Waals surface area contributed by atoms with E-state index in [0.29, 0.717) is 28.6 Å². The number of methoxy groups -OCH3 is 1. The zero-order valence-electron chi connectivity index (χ0n) is 15.9. The topological polar surface area (TPSA) is 58.6 Å². The summed E-state index contributed by atoms with van der Waals surface area (Å²) in [5.74, 6) is 0.522. The molecule has 1 unspecified atom stereocenters. The van der Waals surface area contributed by atoms with Crippen LogP contribution in [0.3, 0.4) is 0 Å². The highest BCUT2D eigenvalue weighted by molar-refractivity contribution is 6.05. The maximum Gasteiger partial charge on any atom is 0.255 e. The first kappa shape index (κ1) is 19.0. The van der Waals surface area contributed by atoms with Gasteiger partial charge < -0.3 is 15.0 Å². The predicted octanol–water partition coefficient (Wildman–Crippen LogP) is 4.35. The summed E-state index contributed by atoms with van der Waals surface area (Å²) < 4.78 is 5.17. The smallest absolute Gasteiger partial charge is 0.255 e. The molecule has 142 valence electrons. The number of ether oxygens (including phenoxy) is 1. The summed E-state index contributed by atoms with van der Waals surface area (Å²) in [5.41, 5.74) is 1.81. The quantitative estimate of drug-likeness (QED) is 0.856. The molecule has 1 saturated heterocycles. The lowest BCUT2D eigenvalue weighted by Gasteiger charge is -2.35. The van der Waals surface area contributed by atoms with Crippen molar-refractivity contribution in [2.45, 2.75) is 38.6 Å². The standard InChI is InChI=1S/C22H26N2O3/c1-3-19-8-4-5-14-24(19)22(26)17-12-10-16(11-13-17)21(25)23-18-7-6-9-20(15-18)27-2/h6-7,9-13,15,19H,3-5,8,14H2,1-2H3,(H,23,25). The average molecular weight is 366 g/mol. The Hall–Kier alpha value is -2.82. The Labute approximate surface area is 160 Å². The van der Waals surface area contributed by atoms with Gasteiger partial charge in [-0.1, -0.05) is 13.0 Å². The number of carbonyl (C=O) groups excluding carboxylic acids is 2. The van der Waals surface area contributed by atoms with Gasteiger partial charge in [0.25, 0.3) is 11.8 Å². The Balaban J connectivity index is 1.68.